The highest BCUT2D eigenvalue weighted by Crippen LogP contribution is 2.00. The van der Waals surface area contributed by atoms with Gasteiger partial charge in [-0.05, 0) is 6.42 Å². The summed E-state index contributed by atoms with van der Waals surface area (Å²) in [6, 6.07) is 0. The third-order valence-electron chi connectivity index (χ3n) is 1.13. The Hall–Kier alpha value is -0.700. The molecule has 0 aromatic carbocycles. The maximum Gasteiger partial charge on any atom is 0.192 e. The summed E-state index contributed by atoms with van der Waals surface area (Å²) in [4.78, 5) is 1.71. The Morgan fingerprint density at radius 3 is 2.56 bits per heavy atom. The van der Waals surface area contributed by atoms with Crippen LogP contribution in [0.4, 0.5) is 0 Å². The first-order chi connectivity index (χ1) is 3.80. The Bertz CT molecular complexity index is 132. The van der Waals surface area contributed by atoms with E-state index in [2.05, 4.69) is 0 Å². The molecule has 1 aliphatic heterocycles. The lowest BCUT2D eigenvalue weighted by Crippen LogP contribution is -2.30. The number of halogens is 1. The van der Waals surface area contributed by atoms with Crippen molar-refractivity contribution in [3.05, 3.63) is 12.3 Å². The number of nitrogens with two attached hydrogens (primary N) is 1. The normalized spacial score (nSPS) is 15.3. The summed E-state index contributed by atoms with van der Waals surface area (Å²) in [5, 5.41) is 6.94. The van der Waals surface area contributed by atoms with Gasteiger partial charge in [0.1, 0.15) is 0 Å². The van der Waals surface area contributed by atoms with E-state index >= 15 is 0 Å². The summed E-state index contributed by atoms with van der Waals surface area (Å²) in [6.45, 7) is 0.870. The SMILES string of the molecule is Cl.N=C(N)N1C=CCC1. The minimum Gasteiger partial charge on any atom is -0.370 e. The fourth-order valence-corrected chi connectivity index (χ4v) is 0.691. The van der Waals surface area contributed by atoms with Crippen LogP contribution in [0.5, 0.6) is 0 Å². The van der Waals surface area contributed by atoms with E-state index in [0.717, 1.165) is 13.0 Å². The first-order valence-corrected chi connectivity index (χ1v) is 2.58. The third kappa shape index (κ3) is 1.93. The fourth-order valence-electron chi connectivity index (χ4n) is 0.691. The molecule has 3 nitrogen and oxygen atoms in total. The van der Waals surface area contributed by atoms with E-state index in [1.807, 2.05) is 12.3 Å². The quantitative estimate of drug-likeness (QED) is 0.388. The van der Waals surface area contributed by atoms with Crippen molar-refractivity contribution in [2.24, 2.45) is 5.73 Å². The van der Waals surface area contributed by atoms with Crippen molar-refractivity contribution in [1.29, 1.82) is 5.41 Å². The molecular formula is C5H10ClN3. The molecule has 1 rings (SSSR count). The average molecular weight is 148 g/mol. The summed E-state index contributed by atoms with van der Waals surface area (Å²) in [7, 11) is 0. The number of nitrogens with one attached hydrogen (secondary N) is 1. The van der Waals surface area contributed by atoms with Crippen LogP contribution in [0.15, 0.2) is 12.3 Å². The van der Waals surface area contributed by atoms with E-state index in [1.165, 1.54) is 0 Å². The van der Waals surface area contributed by atoms with Gasteiger partial charge in [-0.3, -0.25) is 5.41 Å². The zero-order valence-electron chi connectivity index (χ0n) is 5.00. The summed E-state index contributed by atoms with van der Waals surface area (Å²) in [6.07, 6.45) is 4.85. The minimum absolute atomic E-state index is 0. The first-order valence-electron chi connectivity index (χ1n) is 2.58. The molecule has 0 radical (unpaired) electrons. The Labute approximate surface area is 60.4 Å². The van der Waals surface area contributed by atoms with Crippen LogP contribution in [0.25, 0.3) is 0 Å². The van der Waals surface area contributed by atoms with Crippen molar-refractivity contribution < 1.29 is 0 Å². The second kappa shape index (κ2) is 3.35. The fraction of sp³-hybridized carbons (Fsp3) is 0.400. The largest absolute Gasteiger partial charge is 0.370 e. The predicted octanol–water partition coefficient (Wildman–Crippen LogP) is 0.521. The topological polar surface area (TPSA) is 53.1 Å². The van der Waals surface area contributed by atoms with Gasteiger partial charge in [0, 0.05) is 12.7 Å². The van der Waals surface area contributed by atoms with Gasteiger partial charge in [-0.15, -0.1) is 12.4 Å². The highest BCUT2D eigenvalue weighted by Gasteiger charge is 2.04. The van der Waals surface area contributed by atoms with Crippen LogP contribution in [-0.2, 0) is 0 Å². The van der Waals surface area contributed by atoms with Crippen LogP contribution in [0.1, 0.15) is 6.42 Å². The molecular weight excluding hydrogens is 138 g/mol. The summed E-state index contributed by atoms with van der Waals surface area (Å²) in [5.74, 6) is 0.138. The molecule has 0 atom stereocenters. The number of nitrogens with zero attached hydrogens (tertiary/aromatic N) is 1. The second-order valence-electron chi connectivity index (χ2n) is 1.75. The molecule has 1 aliphatic rings. The summed E-state index contributed by atoms with van der Waals surface area (Å²) < 4.78 is 0. The monoisotopic (exact) mass is 147 g/mol. The van der Waals surface area contributed by atoms with Crippen LogP contribution in [0.2, 0.25) is 0 Å². The van der Waals surface area contributed by atoms with E-state index < -0.39 is 0 Å². The van der Waals surface area contributed by atoms with Gasteiger partial charge in [0.05, 0.1) is 0 Å². The van der Waals surface area contributed by atoms with Gasteiger partial charge in [0.15, 0.2) is 5.96 Å². The van der Waals surface area contributed by atoms with Crippen molar-refractivity contribution in [3.63, 3.8) is 0 Å². The highest BCUT2D eigenvalue weighted by molar-refractivity contribution is 5.85. The van der Waals surface area contributed by atoms with Crippen molar-refractivity contribution in [2.45, 2.75) is 6.42 Å². The van der Waals surface area contributed by atoms with Gasteiger partial charge in [-0.25, -0.2) is 0 Å². The molecule has 0 saturated carbocycles. The lowest BCUT2D eigenvalue weighted by Gasteiger charge is -2.10. The molecule has 3 N–H and O–H groups in total. The molecule has 0 spiro atoms. The van der Waals surface area contributed by atoms with Crippen LogP contribution < -0.4 is 5.73 Å². The van der Waals surface area contributed by atoms with Crippen molar-refractivity contribution in [2.75, 3.05) is 6.54 Å². The third-order valence-corrected chi connectivity index (χ3v) is 1.13. The average Bonchev–Trinajstić information content (AvgIpc) is 2.12. The Balaban J connectivity index is 0.000000640. The van der Waals surface area contributed by atoms with Crippen molar-refractivity contribution in [1.82, 2.24) is 4.90 Å². The van der Waals surface area contributed by atoms with Gasteiger partial charge in [0.25, 0.3) is 0 Å². The maximum absolute atomic E-state index is 6.94. The van der Waals surface area contributed by atoms with Crippen LogP contribution in [0.3, 0.4) is 0 Å². The number of rotatable bonds is 0. The lowest BCUT2D eigenvalue weighted by atomic mass is 10.5. The molecule has 0 bridgehead atoms. The van der Waals surface area contributed by atoms with Gasteiger partial charge in [-0.2, -0.15) is 0 Å². The summed E-state index contributed by atoms with van der Waals surface area (Å²) in [5.41, 5.74) is 5.16. The number of hydrogen-bond acceptors (Lipinski definition) is 1. The molecule has 52 valence electrons. The molecule has 1 heterocycles. The van der Waals surface area contributed by atoms with E-state index in [0.29, 0.717) is 0 Å². The van der Waals surface area contributed by atoms with E-state index in [9.17, 15) is 0 Å². The van der Waals surface area contributed by atoms with Gasteiger partial charge < -0.3 is 10.6 Å². The molecule has 0 amide bonds. The number of guanidine groups is 1. The van der Waals surface area contributed by atoms with E-state index in [-0.39, 0.29) is 18.4 Å². The predicted molar refractivity (Wildman–Crippen MR) is 39.6 cm³/mol. The zero-order valence-corrected chi connectivity index (χ0v) is 5.82. The maximum atomic E-state index is 6.94. The standard InChI is InChI=1S/C5H9N3.ClH/c6-5(7)8-3-1-2-4-8;/h1,3H,2,4H2,(H3,6,7);1H. The minimum atomic E-state index is 0. The van der Waals surface area contributed by atoms with E-state index in [1.54, 1.807) is 4.90 Å². The molecule has 0 saturated heterocycles. The molecule has 0 aromatic heterocycles. The van der Waals surface area contributed by atoms with Crippen molar-refractivity contribution in [3.8, 4) is 0 Å². The molecule has 0 fully saturated rings. The Morgan fingerprint density at radius 1 is 1.67 bits per heavy atom. The molecule has 0 aromatic rings. The molecule has 4 heteroatoms. The van der Waals surface area contributed by atoms with E-state index in [4.69, 9.17) is 11.1 Å². The van der Waals surface area contributed by atoms with Crippen molar-refractivity contribution >= 4 is 18.4 Å². The Kier molecular flexibility index (Phi) is 3.09. The lowest BCUT2D eigenvalue weighted by molar-refractivity contribution is 0.591. The van der Waals surface area contributed by atoms with Crippen LogP contribution in [-0.4, -0.2) is 17.4 Å². The van der Waals surface area contributed by atoms with Gasteiger partial charge >= 0.3 is 0 Å². The molecule has 0 unspecified atom stereocenters. The first kappa shape index (κ1) is 8.30. The second-order valence-corrected chi connectivity index (χ2v) is 1.75. The van der Waals surface area contributed by atoms with Gasteiger partial charge in [-0.1, -0.05) is 6.08 Å². The number of hydrogen-bond donors (Lipinski definition) is 2. The molecule has 9 heavy (non-hydrogen) atoms. The van der Waals surface area contributed by atoms with Gasteiger partial charge in [0.2, 0.25) is 0 Å². The Morgan fingerprint density at radius 2 is 2.33 bits per heavy atom. The van der Waals surface area contributed by atoms with Crippen LogP contribution >= 0.6 is 12.4 Å². The smallest absolute Gasteiger partial charge is 0.192 e. The zero-order chi connectivity index (χ0) is 5.98. The van der Waals surface area contributed by atoms with Crippen LogP contribution in [0, 0.1) is 5.41 Å². The highest BCUT2D eigenvalue weighted by atomic mass is 35.5. The molecule has 0 aliphatic carbocycles. The summed E-state index contributed by atoms with van der Waals surface area (Å²) >= 11 is 0.